The summed E-state index contributed by atoms with van der Waals surface area (Å²) < 4.78 is 41.7. The van der Waals surface area contributed by atoms with E-state index in [1.165, 1.54) is 29.6 Å². The molecule has 2 heterocycles. The Morgan fingerprint density at radius 2 is 1.91 bits per heavy atom. The van der Waals surface area contributed by atoms with E-state index < -0.39 is 33.1 Å². The molecule has 2 N–H and O–H groups in total. The normalized spacial score (nSPS) is 11.6. The zero-order valence-electron chi connectivity index (χ0n) is 16.6. The zero-order valence-corrected chi connectivity index (χ0v) is 19.0. The maximum absolute atomic E-state index is 14.2. The number of thiophene rings is 1. The van der Waals surface area contributed by atoms with E-state index in [-0.39, 0.29) is 37.1 Å². The molecule has 0 saturated heterocycles. The Labute approximate surface area is 194 Å². The Kier molecular flexibility index (Phi) is 5.60. The average Bonchev–Trinajstić information content (AvgIpc) is 3.19. The minimum atomic E-state index is -4.33. The van der Waals surface area contributed by atoms with Crippen LogP contribution < -0.4 is 15.6 Å². The maximum atomic E-state index is 14.2. The molecule has 0 fully saturated rings. The van der Waals surface area contributed by atoms with E-state index in [4.69, 9.17) is 11.6 Å². The molecule has 2 aromatic carbocycles. The van der Waals surface area contributed by atoms with Gasteiger partial charge < -0.3 is 10.1 Å². The summed E-state index contributed by atoms with van der Waals surface area (Å²) in [5, 5.41) is 10.3. The molecule has 9 nitrogen and oxygen atoms in total. The van der Waals surface area contributed by atoms with Crippen LogP contribution in [-0.4, -0.2) is 36.1 Å². The predicted molar refractivity (Wildman–Crippen MR) is 122 cm³/mol. The molecular formula is C20H13ClFN3O6S2. The number of benzene rings is 2. The fraction of sp³-hybridized carbons (Fsp3) is 0.0500. The number of fused-ring (bicyclic) bond motifs is 1. The number of halogens is 2. The smallest absolute Gasteiger partial charge is 0.346 e. The van der Waals surface area contributed by atoms with Crippen molar-refractivity contribution in [2.24, 2.45) is 0 Å². The maximum Gasteiger partial charge on any atom is 0.346 e. The van der Waals surface area contributed by atoms with E-state index >= 15 is 0 Å². The highest BCUT2D eigenvalue weighted by Crippen LogP contribution is 2.28. The standard InChI is InChI=1S/C20H13ClFN3O6S2/c1-24(14-5-3-2-4-12(14)22)33(30,31)10-6-7-11(21)15(8-10)25-18(26)16-13(23-20(25)29)9-32-17(16)19(27)28/h2-9H,1H3,(H,23,29)(H,27,28). The first-order chi connectivity index (χ1) is 15.5. The van der Waals surface area contributed by atoms with Crippen LogP contribution >= 0.6 is 22.9 Å². The summed E-state index contributed by atoms with van der Waals surface area (Å²) >= 11 is 6.94. The molecule has 2 aromatic heterocycles. The van der Waals surface area contributed by atoms with Crippen LogP contribution in [0, 0.1) is 5.82 Å². The van der Waals surface area contributed by atoms with Crippen molar-refractivity contribution in [3.8, 4) is 5.69 Å². The third-order valence-corrected chi connectivity index (χ3v) is 7.91. The van der Waals surface area contributed by atoms with Crippen LogP contribution in [0.2, 0.25) is 5.02 Å². The molecular weight excluding hydrogens is 497 g/mol. The van der Waals surface area contributed by atoms with Crippen molar-refractivity contribution in [2.45, 2.75) is 4.90 Å². The number of aromatic carboxylic acids is 1. The molecule has 0 radical (unpaired) electrons. The van der Waals surface area contributed by atoms with Crippen molar-refractivity contribution in [2.75, 3.05) is 11.4 Å². The third-order valence-electron chi connectivity index (χ3n) is 4.86. The van der Waals surface area contributed by atoms with Gasteiger partial charge in [0.05, 0.1) is 32.2 Å². The lowest BCUT2D eigenvalue weighted by Gasteiger charge is -2.20. The first-order valence-corrected chi connectivity index (χ1v) is 11.8. The lowest BCUT2D eigenvalue weighted by molar-refractivity contribution is 0.0704. The fourth-order valence-electron chi connectivity index (χ4n) is 3.23. The molecule has 0 bridgehead atoms. The molecule has 0 aliphatic rings. The Balaban J connectivity index is 1.94. The van der Waals surface area contributed by atoms with E-state index in [1.54, 1.807) is 0 Å². The first-order valence-electron chi connectivity index (χ1n) is 9.07. The topological polar surface area (TPSA) is 130 Å². The number of anilines is 1. The number of nitrogens with one attached hydrogen (secondary N) is 1. The third kappa shape index (κ3) is 3.71. The van der Waals surface area contributed by atoms with Crippen molar-refractivity contribution in [3.63, 3.8) is 0 Å². The fourth-order valence-corrected chi connectivity index (χ4v) is 5.49. The molecule has 4 rings (SSSR count). The highest BCUT2D eigenvalue weighted by atomic mass is 35.5. The van der Waals surface area contributed by atoms with Crippen LogP contribution in [0.4, 0.5) is 10.1 Å². The summed E-state index contributed by atoms with van der Waals surface area (Å²) in [6.07, 6.45) is 0. The number of H-pyrrole nitrogens is 1. The first kappa shape index (κ1) is 22.7. The van der Waals surface area contributed by atoms with E-state index in [2.05, 4.69) is 4.98 Å². The molecule has 13 heteroatoms. The highest BCUT2D eigenvalue weighted by molar-refractivity contribution is 7.92. The molecule has 0 aliphatic heterocycles. The molecule has 0 unspecified atom stereocenters. The van der Waals surface area contributed by atoms with Crippen LogP contribution in [-0.2, 0) is 10.0 Å². The van der Waals surface area contributed by atoms with Crippen molar-refractivity contribution >= 4 is 55.5 Å². The van der Waals surface area contributed by atoms with Crippen LogP contribution in [0.15, 0.2) is 62.3 Å². The van der Waals surface area contributed by atoms with Crippen LogP contribution in [0.3, 0.4) is 0 Å². The summed E-state index contributed by atoms with van der Waals surface area (Å²) in [7, 11) is -3.18. The number of carboxylic acid groups (broad SMARTS) is 1. The van der Waals surface area contributed by atoms with Gasteiger partial charge >= 0.3 is 11.7 Å². The predicted octanol–water partition coefficient (Wildman–Crippen LogP) is 3.06. The summed E-state index contributed by atoms with van der Waals surface area (Å²) in [5.41, 5.74) is -2.39. The monoisotopic (exact) mass is 509 g/mol. The van der Waals surface area contributed by atoms with Gasteiger partial charge in [0, 0.05) is 12.4 Å². The van der Waals surface area contributed by atoms with Crippen LogP contribution in [0.5, 0.6) is 0 Å². The van der Waals surface area contributed by atoms with Crippen molar-refractivity contribution < 1.29 is 22.7 Å². The van der Waals surface area contributed by atoms with Crippen molar-refractivity contribution in [1.29, 1.82) is 0 Å². The summed E-state index contributed by atoms with van der Waals surface area (Å²) in [6, 6.07) is 8.55. The zero-order chi connectivity index (χ0) is 24.1. The second-order valence-corrected chi connectivity index (χ2v) is 10.0. The Bertz CT molecular complexity index is 1660. The number of carbonyl (C=O) groups is 1. The van der Waals surface area contributed by atoms with E-state index in [0.29, 0.717) is 8.87 Å². The lowest BCUT2D eigenvalue weighted by atomic mass is 10.2. The van der Waals surface area contributed by atoms with Gasteiger partial charge in [-0.2, -0.15) is 0 Å². The quantitative estimate of drug-likeness (QED) is 0.425. The summed E-state index contributed by atoms with van der Waals surface area (Å²) in [5.74, 6) is -2.13. The van der Waals surface area contributed by atoms with Crippen molar-refractivity contribution in [3.05, 3.63) is 84.4 Å². The SMILES string of the molecule is CN(c1ccccc1F)S(=O)(=O)c1ccc(Cl)c(-n2c(=O)[nH]c3csc(C(=O)O)c3c2=O)c1. The number of aromatic nitrogens is 2. The molecule has 4 aromatic rings. The lowest BCUT2D eigenvalue weighted by Crippen LogP contribution is -2.34. The van der Waals surface area contributed by atoms with Gasteiger partial charge in [0.2, 0.25) is 0 Å². The molecule has 170 valence electrons. The van der Waals surface area contributed by atoms with Gasteiger partial charge in [0.25, 0.3) is 15.6 Å². The molecule has 0 aliphatic carbocycles. The van der Waals surface area contributed by atoms with Crippen molar-refractivity contribution in [1.82, 2.24) is 9.55 Å². The van der Waals surface area contributed by atoms with Gasteiger partial charge in [0.15, 0.2) is 0 Å². The second kappa shape index (κ2) is 8.14. The second-order valence-electron chi connectivity index (χ2n) is 6.77. The molecule has 33 heavy (non-hydrogen) atoms. The highest BCUT2D eigenvalue weighted by Gasteiger charge is 2.26. The Morgan fingerprint density at radius 1 is 1.21 bits per heavy atom. The number of aromatic amines is 1. The van der Waals surface area contributed by atoms with Gasteiger partial charge in [-0.1, -0.05) is 23.7 Å². The number of rotatable bonds is 5. The average molecular weight is 510 g/mol. The molecule has 0 spiro atoms. The van der Waals surface area contributed by atoms with Crippen LogP contribution in [0.25, 0.3) is 16.6 Å². The number of nitrogens with zero attached hydrogens (tertiary/aromatic N) is 2. The van der Waals surface area contributed by atoms with Crippen LogP contribution in [0.1, 0.15) is 9.67 Å². The number of carboxylic acids is 1. The number of hydrogen-bond donors (Lipinski definition) is 2. The molecule has 0 amide bonds. The van der Waals surface area contributed by atoms with E-state index in [1.807, 2.05) is 0 Å². The number of sulfonamides is 1. The minimum absolute atomic E-state index is 0.0304. The minimum Gasteiger partial charge on any atom is -0.477 e. The summed E-state index contributed by atoms with van der Waals surface area (Å²) in [6.45, 7) is 0. The van der Waals surface area contributed by atoms with Gasteiger partial charge in [-0.25, -0.2) is 27.0 Å². The molecule has 0 saturated carbocycles. The van der Waals surface area contributed by atoms with E-state index in [9.17, 15) is 32.3 Å². The summed E-state index contributed by atoms with van der Waals surface area (Å²) in [4.78, 5) is 38.9. The van der Waals surface area contributed by atoms with Gasteiger partial charge in [-0.3, -0.25) is 9.10 Å². The molecule has 0 atom stereocenters. The largest absolute Gasteiger partial charge is 0.477 e. The van der Waals surface area contributed by atoms with Gasteiger partial charge in [-0.05, 0) is 30.3 Å². The number of hydrogen-bond acceptors (Lipinski definition) is 6. The van der Waals surface area contributed by atoms with E-state index in [0.717, 1.165) is 36.6 Å². The van der Waals surface area contributed by atoms with Gasteiger partial charge in [-0.15, -0.1) is 11.3 Å². The van der Waals surface area contributed by atoms with Gasteiger partial charge in [0.1, 0.15) is 10.7 Å². The Hall–Kier alpha value is -3.48. The number of para-hydroxylation sites is 1. The Morgan fingerprint density at radius 3 is 2.58 bits per heavy atom.